The molecule has 0 unspecified atom stereocenters. The van der Waals surface area contributed by atoms with Gasteiger partial charge in [0.25, 0.3) is 0 Å². The van der Waals surface area contributed by atoms with Gasteiger partial charge in [-0.2, -0.15) is 0 Å². The van der Waals surface area contributed by atoms with Crippen molar-refractivity contribution < 1.29 is 4.39 Å². The highest BCUT2D eigenvalue weighted by molar-refractivity contribution is 7.99. The molecule has 18 heavy (non-hydrogen) atoms. The Kier molecular flexibility index (Phi) is 6.72. The topological polar surface area (TPSA) is 12.0 Å². The van der Waals surface area contributed by atoms with Gasteiger partial charge in [-0.15, -0.1) is 11.8 Å². The van der Waals surface area contributed by atoms with Gasteiger partial charge in [-0.05, 0) is 35.8 Å². The van der Waals surface area contributed by atoms with Crippen LogP contribution in [0, 0.1) is 11.7 Å². The van der Waals surface area contributed by atoms with Crippen LogP contribution in [0.2, 0.25) is 0 Å². The first-order valence-corrected chi connectivity index (χ1v) is 7.62. The number of rotatable bonds is 7. The van der Waals surface area contributed by atoms with Crippen molar-refractivity contribution in [1.82, 2.24) is 5.32 Å². The molecule has 3 heteroatoms. The Bertz CT molecular complexity index is 364. The first-order valence-electron chi connectivity index (χ1n) is 6.63. The summed E-state index contributed by atoms with van der Waals surface area (Å²) < 4.78 is 13.9. The van der Waals surface area contributed by atoms with E-state index in [1.165, 1.54) is 0 Å². The Morgan fingerprint density at radius 2 is 1.94 bits per heavy atom. The lowest BCUT2D eigenvalue weighted by atomic mass is 10.2. The molecule has 0 saturated carbocycles. The third-order valence-corrected chi connectivity index (χ3v) is 3.75. The third kappa shape index (κ3) is 5.87. The van der Waals surface area contributed by atoms with E-state index in [0.717, 1.165) is 29.2 Å². The standard InChI is InChI=1S/C15H24FNS/c1-11(2)7-8-18-15-6-5-13(9-14(15)16)10-17-12(3)4/h5-6,9,11-12,17H,7-8,10H2,1-4H3. The summed E-state index contributed by atoms with van der Waals surface area (Å²) in [5, 5.41) is 3.29. The van der Waals surface area contributed by atoms with Crippen molar-refractivity contribution in [3.05, 3.63) is 29.6 Å². The van der Waals surface area contributed by atoms with Crippen LogP contribution in [-0.4, -0.2) is 11.8 Å². The second-order valence-corrected chi connectivity index (χ2v) is 6.47. The predicted molar refractivity (Wildman–Crippen MR) is 78.6 cm³/mol. The molecule has 0 aliphatic carbocycles. The fraction of sp³-hybridized carbons (Fsp3) is 0.600. The molecule has 0 atom stereocenters. The summed E-state index contributed by atoms with van der Waals surface area (Å²) in [4.78, 5) is 0.768. The minimum Gasteiger partial charge on any atom is -0.310 e. The highest BCUT2D eigenvalue weighted by Gasteiger charge is 2.05. The molecular weight excluding hydrogens is 245 g/mol. The lowest BCUT2D eigenvalue weighted by Gasteiger charge is -2.10. The van der Waals surface area contributed by atoms with Crippen LogP contribution in [0.4, 0.5) is 4.39 Å². The van der Waals surface area contributed by atoms with E-state index in [4.69, 9.17) is 0 Å². The molecule has 102 valence electrons. The van der Waals surface area contributed by atoms with E-state index in [0.29, 0.717) is 12.0 Å². The Hall–Kier alpha value is -0.540. The van der Waals surface area contributed by atoms with Crippen LogP contribution in [0.3, 0.4) is 0 Å². The quantitative estimate of drug-likeness (QED) is 0.733. The molecule has 0 amide bonds. The van der Waals surface area contributed by atoms with Gasteiger partial charge < -0.3 is 5.32 Å². The van der Waals surface area contributed by atoms with Gasteiger partial charge in [0, 0.05) is 17.5 Å². The van der Waals surface area contributed by atoms with Crippen molar-refractivity contribution in [1.29, 1.82) is 0 Å². The number of benzene rings is 1. The van der Waals surface area contributed by atoms with E-state index in [2.05, 4.69) is 33.0 Å². The van der Waals surface area contributed by atoms with Crippen molar-refractivity contribution >= 4 is 11.8 Å². The third-order valence-electron chi connectivity index (χ3n) is 2.66. The lowest BCUT2D eigenvalue weighted by Crippen LogP contribution is -2.21. The molecule has 0 fully saturated rings. The number of nitrogens with one attached hydrogen (secondary N) is 1. The number of thioether (sulfide) groups is 1. The molecule has 0 bridgehead atoms. The van der Waals surface area contributed by atoms with E-state index in [9.17, 15) is 4.39 Å². The molecule has 0 aliphatic heterocycles. The lowest BCUT2D eigenvalue weighted by molar-refractivity contribution is 0.574. The summed E-state index contributed by atoms with van der Waals surface area (Å²) in [6.45, 7) is 9.29. The van der Waals surface area contributed by atoms with Crippen LogP contribution < -0.4 is 5.32 Å². The maximum atomic E-state index is 13.9. The van der Waals surface area contributed by atoms with Gasteiger partial charge in [0.2, 0.25) is 0 Å². The van der Waals surface area contributed by atoms with Crippen LogP contribution in [-0.2, 0) is 6.54 Å². The molecule has 1 nitrogen and oxygen atoms in total. The molecule has 1 rings (SSSR count). The SMILES string of the molecule is CC(C)CCSc1ccc(CNC(C)C)cc1F. The first-order chi connectivity index (χ1) is 8.49. The molecule has 1 aromatic carbocycles. The maximum Gasteiger partial charge on any atom is 0.137 e. The van der Waals surface area contributed by atoms with Crippen molar-refractivity contribution in [2.24, 2.45) is 5.92 Å². The largest absolute Gasteiger partial charge is 0.310 e. The van der Waals surface area contributed by atoms with Crippen LogP contribution in [0.25, 0.3) is 0 Å². The van der Waals surface area contributed by atoms with E-state index in [1.807, 2.05) is 12.1 Å². The summed E-state index contributed by atoms with van der Waals surface area (Å²) in [6.07, 6.45) is 1.13. The molecule has 0 radical (unpaired) electrons. The maximum absolute atomic E-state index is 13.9. The van der Waals surface area contributed by atoms with E-state index < -0.39 is 0 Å². The summed E-state index contributed by atoms with van der Waals surface area (Å²) >= 11 is 1.61. The fourth-order valence-electron chi connectivity index (χ4n) is 1.50. The Balaban J connectivity index is 2.51. The zero-order chi connectivity index (χ0) is 13.5. The molecule has 0 saturated heterocycles. The Morgan fingerprint density at radius 1 is 1.22 bits per heavy atom. The van der Waals surface area contributed by atoms with Gasteiger partial charge in [-0.1, -0.05) is 33.8 Å². The van der Waals surface area contributed by atoms with Crippen molar-refractivity contribution in [2.75, 3.05) is 5.75 Å². The van der Waals surface area contributed by atoms with Crippen LogP contribution >= 0.6 is 11.8 Å². The van der Waals surface area contributed by atoms with Gasteiger partial charge in [-0.3, -0.25) is 0 Å². The van der Waals surface area contributed by atoms with Gasteiger partial charge in [0.05, 0.1) is 0 Å². The molecule has 0 heterocycles. The second kappa shape index (κ2) is 7.80. The van der Waals surface area contributed by atoms with Crippen molar-refractivity contribution in [3.63, 3.8) is 0 Å². The monoisotopic (exact) mass is 269 g/mol. The number of halogens is 1. The van der Waals surface area contributed by atoms with E-state index in [-0.39, 0.29) is 5.82 Å². The van der Waals surface area contributed by atoms with Crippen LogP contribution in [0.15, 0.2) is 23.1 Å². The summed E-state index contributed by atoms with van der Waals surface area (Å²) in [6, 6.07) is 5.98. The summed E-state index contributed by atoms with van der Waals surface area (Å²) in [5.41, 5.74) is 1.01. The smallest absolute Gasteiger partial charge is 0.137 e. The average molecular weight is 269 g/mol. The molecule has 0 aromatic heterocycles. The van der Waals surface area contributed by atoms with Crippen LogP contribution in [0.5, 0.6) is 0 Å². The predicted octanol–water partition coefficient (Wildman–Crippen LogP) is 4.46. The van der Waals surface area contributed by atoms with Crippen molar-refractivity contribution in [3.8, 4) is 0 Å². The molecule has 0 aliphatic rings. The molecular formula is C15H24FNS. The Labute approximate surface area is 115 Å². The van der Waals surface area contributed by atoms with Gasteiger partial charge in [0.15, 0.2) is 0 Å². The fourth-order valence-corrected chi connectivity index (χ4v) is 2.67. The van der Waals surface area contributed by atoms with Gasteiger partial charge in [-0.25, -0.2) is 4.39 Å². The van der Waals surface area contributed by atoms with Crippen molar-refractivity contribution in [2.45, 2.75) is 51.6 Å². The number of hydrogen-bond donors (Lipinski definition) is 1. The highest BCUT2D eigenvalue weighted by atomic mass is 32.2. The molecule has 0 spiro atoms. The number of hydrogen-bond acceptors (Lipinski definition) is 2. The van der Waals surface area contributed by atoms with Crippen LogP contribution in [0.1, 0.15) is 39.7 Å². The molecule has 1 N–H and O–H groups in total. The average Bonchev–Trinajstić information content (AvgIpc) is 2.28. The summed E-state index contributed by atoms with van der Waals surface area (Å²) in [7, 11) is 0. The normalized spacial score (nSPS) is 11.5. The first kappa shape index (κ1) is 15.5. The Morgan fingerprint density at radius 3 is 2.50 bits per heavy atom. The zero-order valence-corrected chi connectivity index (χ0v) is 12.6. The second-order valence-electron chi connectivity index (χ2n) is 5.33. The minimum atomic E-state index is -0.0909. The zero-order valence-electron chi connectivity index (χ0n) is 11.8. The van der Waals surface area contributed by atoms with E-state index >= 15 is 0 Å². The van der Waals surface area contributed by atoms with Gasteiger partial charge in [0.1, 0.15) is 5.82 Å². The summed E-state index contributed by atoms with van der Waals surface area (Å²) in [5.74, 6) is 1.57. The van der Waals surface area contributed by atoms with Gasteiger partial charge >= 0.3 is 0 Å². The minimum absolute atomic E-state index is 0.0909. The molecule has 1 aromatic rings. The highest BCUT2D eigenvalue weighted by Crippen LogP contribution is 2.24. The van der Waals surface area contributed by atoms with E-state index in [1.54, 1.807) is 17.8 Å².